The van der Waals surface area contributed by atoms with Crippen LogP contribution in [-0.4, -0.2) is 23.9 Å². The molecule has 2 nitrogen and oxygen atoms in total. The second-order valence-corrected chi connectivity index (χ2v) is 5.81. The largest absolute Gasteiger partial charge is 0.339 e. The molecule has 0 N–H and O–H groups in total. The van der Waals surface area contributed by atoms with Crippen molar-refractivity contribution in [2.75, 3.05) is 13.1 Å². The Bertz CT molecular complexity index is 448. The fourth-order valence-electron chi connectivity index (χ4n) is 2.11. The van der Waals surface area contributed by atoms with Gasteiger partial charge in [-0.1, -0.05) is 35.0 Å². The summed E-state index contributed by atoms with van der Waals surface area (Å²) in [5, 5.41) is 0. The number of amides is 1. The molecule has 1 aromatic carbocycles. The smallest absolute Gasteiger partial charge is 0.246 e. The van der Waals surface area contributed by atoms with E-state index < -0.39 is 0 Å². The minimum Gasteiger partial charge on any atom is -0.339 e. The van der Waals surface area contributed by atoms with Crippen LogP contribution in [-0.2, 0) is 4.79 Å². The van der Waals surface area contributed by atoms with Crippen LogP contribution in [0.4, 0.5) is 0 Å². The third-order valence-electron chi connectivity index (χ3n) is 3.36. The molecule has 0 bridgehead atoms. The molecule has 1 aliphatic rings. The number of hydrogen-bond acceptors (Lipinski definition) is 1. The lowest BCUT2D eigenvalue weighted by molar-refractivity contribution is -0.127. The molecule has 3 heteroatoms. The molecule has 2 rings (SSSR count). The Morgan fingerprint density at radius 1 is 1.39 bits per heavy atom. The van der Waals surface area contributed by atoms with Gasteiger partial charge in [0.25, 0.3) is 0 Å². The standard InChI is InChI=1S/C15H18BrNO/c1-12-7-9-17(10-8-12)15(18)6-5-13-3-2-4-14(16)11-13/h2-6,11-12H,7-10H2,1H3/b6-5+. The topological polar surface area (TPSA) is 20.3 Å². The molecule has 0 spiro atoms. The van der Waals surface area contributed by atoms with E-state index in [1.54, 1.807) is 6.08 Å². The molecule has 1 amide bonds. The fourth-order valence-corrected chi connectivity index (χ4v) is 2.53. The van der Waals surface area contributed by atoms with E-state index >= 15 is 0 Å². The van der Waals surface area contributed by atoms with E-state index in [1.165, 1.54) is 0 Å². The van der Waals surface area contributed by atoms with E-state index in [4.69, 9.17) is 0 Å². The zero-order chi connectivity index (χ0) is 13.0. The Hall–Kier alpha value is -1.09. The van der Waals surface area contributed by atoms with Gasteiger partial charge in [0.1, 0.15) is 0 Å². The highest BCUT2D eigenvalue weighted by molar-refractivity contribution is 9.10. The number of carbonyl (C=O) groups excluding carboxylic acids is 1. The number of likely N-dealkylation sites (tertiary alicyclic amines) is 1. The van der Waals surface area contributed by atoms with Gasteiger partial charge >= 0.3 is 0 Å². The lowest BCUT2D eigenvalue weighted by Gasteiger charge is -2.29. The van der Waals surface area contributed by atoms with Crippen LogP contribution in [0.25, 0.3) is 6.08 Å². The Balaban J connectivity index is 1.94. The van der Waals surface area contributed by atoms with Crippen molar-refractivity contribution < 1.29 is 4.79 Å². The first-order chi connectivity index (χ1) is 8.65. The number of hydrogen-bond donors (Lipinski definition) is 0. The first-order valence-electron chi connectivity index (χ1n) is 6.38. The minimum absolute atomic E-state index is 0.127. The van der Waals surface area contributed by atoms with Gasteiger partial charge in [-0.05, 0) is 42.5 Å². The second kappa shape index (κ2) is 6.19. The Morgan fingerprint density at radius 2 is 2.11 bits per heavy atom. The van der Waals surface area contributed by atoms with Crippen LogP contribution in [0.1, 0.15) is 25.3 Å². The minimum atomic E-state index is 0.127. The van der Waals surface area contributed by atoms with E-state index in [0.717, 1.165) is 41.9 Å². The molecule has 0 aliphatic carbocycles. The Morgan fingerprint density at radius 3 is 2.78 bits per heavy atom. The van der Waals surface area contributed by atoms with Crippen molar-refractivity contribution in [2.24, 2.45) is 5.92 Å². The van der Waals surface area contributed by atoms with Crippen molar-refractivity contribution in [1.29, 1.82) is 0 Å². The molecule has 0 atom stereocenters. The van der Waals surface area contributed by atoms with E-state index in [0.29, 0.717) is 0 Å². The van der Waals surface area contributed by atoms with Crippen LogP contribution in [0.15, 0.2) is 34.8 Å². The molecule has 1 aromatic rings. The van der Waals surface area contributed by atoms with Crippen molar-refractivity contribution in [3.05, 3.63) is 40.4 Å². The van der Waals surface area contributed by atoms with Crippen LogP contribution >= 0.6 is 15.9 Å². The highest BCUT2D eigenvalue weighted by atomic mass is 79.9. The van der Waals surface area contributed by atoms with E-state index in [2.05, 4.69) is 22.9 Å². The van der Waals surface area contributed by atoms with Gasteiger partial charge in [0, 0.05) is 23.6 Å². The van der Waals surface area contributed by atoms with Gasteiger partial charge in [-0.3, -0.25) is 4.79 Å². The van der Waals surface area contributed by atoms with Crippen molar-refractivity contribution in [3.8, 4) is 0 Å². The first kappa shape index (κ1) is 13.3. The van der Waals surface area contributed by atoms with Gasteiger partial charge in [0.15, 0.2) is 0 Å². The Labute approximate surface area is 117 Å². The number of halogens is 1. The molecule has 0 saturated carbocycles. The van der Waals surface area contributed by atoms with E-state index in [9.17, 15) is 4.79 Å². The summed E-state index contributed by atoms with van der Waals surface area (Å²) in [6.07, 6.45) is 5.80. The van der Waals surface area contributed by atoms with E-state index in [-0.39, 0.29) is 5.91 Å². The average Bonchev–Trinajstić information content (AvgIpc) is 2.37. The maximum absolute atomic E-state index is 12.0. The summed E-state index contributed by atoms with van der Waals surface area (Å²) >= 11 is 3.42. The summed E-state index contributed by atoms with van der Waals surface area (Å²) in [5.41, 5.74) is 1.04. The van der Waals surface area contributed by atoms with Crippen molar-refractivity contribution in [2.45, 2.75) is 19.8 Å². The third-order valence-corrected chi connectivity index (χ3v) is 3.86. The molecular weight excluding hydrogens is 290 g/mol. The van der Waals surface area contributed by atoms with Gasteiger partial charge in [-0.25, -0.2) is 0 Å². The van der Waals surface area contributed by atoms with Crippen LogP contribution in [0, 0.1) is 5.92 Å². The lowest BCUT2D eigenvalue weighted by atomic mass is 9.99. The monoisotopic (exact) mass is 307 g/mol. The molecule has 1 saturated heterocycles. The zero-order valence-corrected chi connectivity index (χ0v) is 12.2. The number of benzene rings is 1. The predicted octanol–water partition coefficient (Wildman–Crippen LogP) is 3.72. The molecule has 1 heterocycles. The highest BCUT2D eigenvalue weighted by Gasteiger charge is 2.18. The molecule has 0 unspecified atom stereocenters. The molecule has 18 heavy (non-hydrogen) atoms. The van der Waals surface area contributed by atoms with Crippen molar-refractivity contribution in [3.63, 3.8) is 0 Å². The number of carbonyl (C=O) groups is 1. The van der Waals surface area contributed by atoms with Crippen molar-refractivity contribution >= 4 is 27.9 Å². The maximum atomic E-state index is 12.0. The summed E-state index contributed by atoms with van der Waals surface area (Å²) in [4.78, 5) is 13.9. The van der Waals surface area contributed by atoms with Crippen LogP contribution in [0.5, 0.6) is 0 Å². The van der Waals surface area contributed by atoms with Crippen molar-refractivity contribution in [1.82, 2.24) is 4.90 Å². The second-order valence-electron chi connectivity index (χ2n) is 4.90. The van der Waals surface area contributed by atoms with Crippen LogP contribution < -0.4 is 0 Å². The van der Waals surface area contributed by atoms with Crippen LogP contribution in [0.3, 0.4) is 0 Å². The molecule has 1 fully saturated rings. The highest BCUT2D eigenvalue weighted by Crippen LogP contribution is 2.17. The number of nitrogens with zero attached hydrogens (tertiary/aromatic N) is 1. The van der Waals surface area contributed by atoms with Crippen LogP contribution in [0.2, 0.25) is 0 Å². The molecule has 96 valence electrons. The molecular formula is C15H18BrNO. The summed E-state index contributed by atoms with van der Waals surface area (Å²) in [5.74, 6) is 0.880. The predicted molar refractivity (Wildman–Crippen MR) is 78.2 cm³/mol. The molecule has 0 aromatic heterocycles. The summed E-state index contributed by atoms with van der Waals surface area (Å²) in [6, 6.07) is 7.94. The molecule has 0 radical (unpaired) electrons. The average molecular weight is 308 g/mol. The summed E-state index contributed by atoms with van der Waals surface area (Å²) in [7, 11) is 0. The normalized spacial score (nSPS) is 17.3. The first-order valence-corrected chi connectivity index (χ1v) is 7.17. The Kier molecular flexibility index (Phi) is 4.59. The van der Waals surface area contributed by atoms with E-state index in [1.807, 2.05) is 35.2 Å². The van der Waals surface area contributed by atoms with Gasteiger partial charge in [0.2, 0.25) is 5.91 Å². The fraction of sp³-hybridized carbons (Fsp3) is 0.400. The van der Waals surface area contributed by atoms with Gasteiger partial charge in [-0.2, -0.15) is 0 Å². The number of piperidine rings is 1. The van der Waals surface area contributed by atoms with Gasteiger partial charge < -0.3 is 4.90 Å². The lowest BCUT2D eigenvalue weighted by Crippen LogP contribution is -2.36. The maximum Gasteiger partial charge on any atom is 0.246 e. The third kappa shape index (κ3) is 3.70. The zero-order valence-electron chi connectivity index (χ0n) is 10.6. The van der Waals surface area contributed by atoms with Gasteiger partial charge in [0.05, 0.1) is 0 Å². The van der Waals surface area contributed by atoms with Gasteiger partial charge in [-0.15, -0.1) is 0 Å². The molecule has 1 aliphatic heterocycles. The summed E-state index contributed by atoms with van der Waals surface area (Å²) in [6.45, 7) is 4.03. The SMILES string of the molecule is CC1CCN(C(=O)/C=C/c2cccc(Br)c2)CC1. The number of rotatable bonds is 2. The quantitative estimate of drug-likeness (QED) is 0.763. The summed E-state index contributed by atoms with van der Waals surface area (Å²) < 4.78 is 1.03.